The number of rotatable bonds is 8. The van der Waals surface area contributed by atoms with Gasteiger partial charge in [0.1, 0.15) is 0 Å². The third kappa shape index (κ3) is 4.47. The van der Waals surface area contributed by atoms with E-state index in [1.807, 2.05) is 0 Å². The lowest BCUT2D eigenvalue weighted by Crippen LogP contribution is -2.13. The van der Waals surface area contributed by atoms with Crippen molar-refractivity contribution in [2.45, 2.75) is 85.0 Å². The molecule has 3 atom stereocenters. The van der Waals surface area contributed by atoms with Crippen LogP contribution in [-0.2, 0) is 0 Å². The van der Waals surface area contributed by atoms with Crippen LogP contribution in [0.5, 0.6) is 0 Å². The zero-order valence-electron chi connectivity index (χ0n) is 11.8. The van der Waals surface area contributed by atoms with E-state index in [1.54, 1.807) is 0 Å². The van der Waals surface area contributed by atoms with Gasteiger partial charge >= 0.3 is 0 Å². The molecule has 0 aromatic rings. The lowest BCUT2D eigenvalue weighted by molar-refractivity contribution is 0.278. The normalized spacial score (nSPS) is 29.8. The molecule has 0 heteroatoms. The van der Waals surface area contributed by atoms with Crippen molar-refractivity contribution in [1.29, 1.82) is 0 Å². The Balaban J connectivity index is 2.25. The van der Waals surface area contributed by atoms with Gasteiger partial charge in [0, 0.05) is 0 Å². The summed E-state index contributed by atoms with van der Waals surface area (Å²) in [5.41, 5.74) is 0. The molecule has 1 fully saturated rings. The predicted octanol–water partition coefficient (Wildman–Crippen LogP) is 5.81. The maximum Gasteiger partial charge on any atom is -0.0360 e. The molecule has 0 saturated heterocycles. The molecule has 16 heavy (non-hydrogen) atoms. The highest BCUT2D eigenvalue weighted by Gasteiger charge is 2.31. The molecule has 0 amide bonds. The topological polar surface area (TPSA) is 0 Å². The summed E-state index contributed by atoms with van der Waals surface area (Å²) in [6, 6.07) is 0. The SMILES string of the molecule is CCCCCC1CCC(C)C1CCCCC. The minimum absolute atomic E-state index is 1.02. The van der Waals surface area contributed by atoms with Crippen molar-refractivity contribution in [2.75, 3.05) is 0 Å². The van der Waals surface area contributed by atoms with Crippen molar-refractivity contribution in [3.8, 4) is 0 Å². The standard InChI is InChI=1S/C16H32/c1-4-6-8-10-15-13-12-14(3)16(15)11-9-7-5-2/h14-16H,4-13H2,1-3H3. The molecule has 0 radical (unpaired) electrons. The minimum atomic E-state index is 1.02. The Labute approximate surface area is 103 Å². The fraction of sp³-hybridized carbons (Fsp3) is 1.00. The lowest BCUT2D eigenvalue weighted by Gasteiger charge is -2.23. The average molecular weight is 224 g/mol. The van der Waals surface area contributed by atoms with Crippen molar-refractivity contribution in [1.82, 2.24) is 0 Å². The maximum absolute atomic E-state index is 2.50. The Bertz CT molecular complexity index is 161. The van der Waals surface area contributed by atoms with Crippen LogP contribution in [0.3, 0.4) is 0 Å². The Hall–Kier alpha value is 0. The van der Waals surface area contributed by atoms with Crippen molar-refractivity contribution in [3.63, 3.8) is 0 Å². The smallest absolute Gasteiger partial charge is 0.0360 e. The molecule has 0 heterocycles. The molecule has 96 valence electrons. The van der Waals surface area contributed by atoms with Gasteiger partial charge in [-0.3, -0.25) is 0 Å². The molecular formula is C16H32. The molecule has 0 aromatic carbocycles. The third-order valence-corrected chi connectivity index (χ3v) is 4.65. The number of hydrogen-bond acceptors (Lipinski definition) is 0. The highest BCUT2D eigenvalue weighted by atomic mass is 14.4. The first-order valence-electron chi connectivity index (χ1n) is 7.79. The third-order valence-electron chi connectivity index (χ3n) is 4.65. The van der Waals surface area contributed by atoms with Crippen molar-refractivity contribution < 1.29 is 0 Å². The summed E-state index contributed by atoms with van der Waals surface area (Å²) >= 11 is 0. The van der Waals surface area contributed by atoms with Gasteiger partial charge in [0.2, 0.25) is 0 Å². The summed E-state index contributed by atoms with van der Waals surface area (Å²) < 4.78 is 0. The van der Waals surface area contributed by atoms with Gasteiger partial charge in [0.05, 0.1) is 0 Å². The van der Waals surface area contributed by atoms with E-state index in [-0.39, 0.29) is 0 Å². The minimum Gasteiger partial charge on any atom is -0.0654 e. The molecule has 1 aliphatic rings. The van der Waals surface area contributed by atoms with Crippen molar-refractivity contribution in [3.05, 3.63) is 0 Å². The van der Waals surface area contributed by atoms with Gasteiger partial charge < -0.3 is 0 Å². The lowest BCUT2D eigenvalue weighted by atomic mass is 9.83. The zero-order chi connectivity index (χ0) is 11.8. The van der Waals surface area contributed by atoms with Crippen LogP contribution in [0.2, 0.25) is 0 Å². The number of hydrogen-bond donors (Lipinski definition) is 0. The van der Waals surface area contributed by atoms with E-state index in [2.05, 4.69) is 20.8 Å². The second-order valence-electron chi connectivity index (χ2n) is 5.97. The van der Waals surface area contributed by atoms with Gasteiger partial charge in [0.15, 0.2) is 0 Å². The summed E-state index contributed by atoms with van der Waals surface area (Å²) in [7, 11) is 0. The van der Waals surface area contributed by atoms with E-state index in [4.69, 9.17) is 0 Å². The van der Waals surface area contributed by atoms with Crippen LogP contribution in [-0.4, -0.2) is 0 Å². The van der Waals surface area contributed by atoms with E-state index in [0.717, 1.165) is 17.8 Å². The van der Waals surface area contributed by atoms with Gasteiger partial charge in [-0.25, -0.2) is 0 Å². The van der Waals surface area contributed by atoms with Gasteiger partial charge in [-0.05, 0) is 30.6 Å². The molecule has 0 N–H and O–H groups in total. The molecule has 1 saturated carbocycles. The fourth-order valence-corrected chi connectivity index (χ4v) is 3.53. The average Bonchev–Trinajstić information content (AvgIpc) is 2.62. The van der Waals surface area contributed by atoms with E-state index in [0.29, 0.717) is 0 Å². The Morgan fingerprint density at radius 2 is 1.44 bits per heavy atom. The fourth-order valence-electron chi connectivity index (χ4n) is 3.53. The molecule has 3 unspecified atom stereocenters. The highest BCUT2D eigenvalue weighted by molar-refractivity contribution is 4.82. The second-order valence-corrected chi connectivity index (χ2v) is 5.97. The molecule has 0 bridgehead atoms. The molecule has 0 aromatic heterocycles. The molecule has 0 aliphatic heterocycles. The van der Waals surface area contributed by atoms with Crippen LogP contribution < -0.4 is 0 Å². The summed E-state index contributed by atoms with van der Waals surface area (Å²) in [6.07, 6.45) is 14.7. The Kier molecular flexibility index (Phi) is 7.16. The molecular weight excluding hydrogens is 192 g/mol. The van der Waals surface area contributed by atoms with Crippen molar-refractivity contribution >= 4 is 0 Å². The monoisotopic (exact) mass is 224 g/mol. The Morgan fingerprint density at radius 3 is 2.06 bits per heavy atom. The van der Waals surface area contributed by atoms with Crippen LogP contribution >= 0.6 is 0 Å². The first kappa shape index (κ1) is 14.1. The van der Waals surface area contributed by atoms with Crippen LogP contribution in [0.25, 0.3) is 0 Å². The second kappa shape index (κ2) is 8.14. The van der Waals surface area contributed by atoms with E-state index in [1.165, 1.54) is 64.2 Å². The molecule has 0 nitrogen and oxygen atoms in total. The van der Waals surface area contributed by atoms with Crippen LogP contribution in [0.1, 0.15) is 85.0 Å². The van der Waals surface area contributed by atoms with Crippen molar-refractivity contribution in [2.24, 2.45) is 17.8 Å². The van der Waals surface area contributed by atoms with Crippen LogP contribution in [0.15, 0.2) is 0 Å². The van der Waals surface area contributed by atoms with E-state index >= 15 is 0 Å². The van der Waals surface area contributed by atoms with Gasteiger partial charge in [-0.1, -0.05) is 72.1 Å². The van der Waals surface area contributed by atoms with E-state index < -0.39 is 0 Å². The van der Waals surface area contributed by atoms with Gasteiger partial charge in [0.25, 0.3) is 0 Å². The van der Waals surface area contributed by atoms with Crippen LogP contribution in [0.4, 0.5) is 0 Å². The molecule has 1 rings (SSSR count). The summed E-state index contributed by atoms with van der Waals surface area (Å²) in [5.74, 6) is 3.17. The summed E-state index contributed by atoms with van der Waals surface area (Å²) in [4.78, 5) is 0. The van der Waals surface area contributed by atoms with Crippen LogP contribution in [0, 0.1) is 17.8 Å². The number of unbranched alkanes of at least 4 members (excludes halogenated alkanes) is 4. The molecule has 0 spiro atoms. The highest BCUT2D eigenvalue weighted by Crippen LogP contribution is 2.42. The molecule has 1 aliphatic carbocycles. The predicted molar refractivity (Wildman–Crippen MR) is 73.7 cm³/mol. The van der Waals surface area contributed by atoms with E-state index in [9.17, 15) is 0 Å². The van der Waals surface area contributed by atoms with Gasteiger partial charge in [-0.15, -0.1) is 0 Å². The maximum atomic E-state index is 2.50. The first-order chi connectivity index (χ1) is 7.79. The zero-order valence-corrected chi connectivity index (χ0v) is 11.8. The summed E-state index contributed by atoms with van der Waals surface area (Å²) in [5, 5.41) is 0. The quantitative estimate of drug-likeness (QED) is 0.456. The van der Waals surface area contributed by atoms with Gasteiger partial charge in [-0.2, -0.15) is 0 Å². The first-order valence-corrected chi connectivity index (χ1v) is 7.79. The summed E-state index contributed by atoms with van der Waals surface area (Å²) in [6.45, 7) is 7.13. The Morgan fingerprint density at radius 1 is 0.812 bits per heavy atom. The largest absolute Gasteiger partial charge is 0.0654 e.